The number of hydrogen-bond donors (Lipinski definition) is 1. The second-order valence-electron chi connectivity index (χ2n) is 4.71. The first-order valence-corrected chi connectivity index (χ1v) is 6.90. The highest BCUT2D eigenvalue weighted by Gasteiger charge is 2.16. The summed E-state index contributed by atoms with van der Waals surface area (Å²) in [5.41, 5.74) is 9.09. The van der Waals surface area contributed by atoms with Gasteiger partial charge in [-0.05, 0) is 39.3 Å². The van der Waals surface area contributed by atoms with Crippen LogP contribution in [0.3, 0.4) is 0 Å². The average molecular weight is 261 g/mol. The van der Waals surface area contributed by atoms with Gasteiger partial charge in [0.2, 0.25) is 0 Å². The molecule has 0 fully saturated rings. The number of hydrogen-bond acceptors (Lipinski definition) is 3. The normalized spacial score (nSPS) is 11.2. The number of rotatable bonds is 3. The molecule has 0 aliphatic rings. The molecular weight excluding hydrogens is 242 g/mol. The Morgan fingerprint density at radius 2 is 1.89 bits per heavy atom. The number of nitrogens with zero attached hydrogens (tertiary/aromatic N) is 2. The van der Waals surface area contributed by atoms with Crippen molar-refractivity contribution in [1.29, 1.82) is 0 Å². The van der Waals surface area contributed by atoms with E-state index in [4.69, 9.17) is 5.73 Å². The smallest absolute Gasteiger partial charge is 0.122 e. The summed E-state index contributed by atoms with van der Waals surface area (Å²) in [5.74, 6) is 0. The van der Waals surface area contributed by atoms with Crippen LogP contribution in [-0.4, -0.2) is 9.78 Å². The van der Waals surface area contributed by atoms with Gasteiger partial charge in [0.15, 0.2) is 0 Å². The van der Waals surface area contributed by atoms with Gasteiger partial charge in [0.1, 0.15) is 5.03 Å². The van der Waals surface area contributed by atoms with Crippen LogP contribution in [0, 0.1) is 13.8 Å². The fourth-order valence-electron chi connectivity index (χ4n) is 1.77. The minimum atomic E-state index is 0.313. The standard InChI is InChI=1S/C14H19N3S/c1-9(2)17-14(13(15)11(4)16-17)18-12-8-6-5-7-10(12)3/h5-9H,15H2,1-4H3. The van der Waals surface area contributed by atoms with Crippen molar-refractivity contribution in [2.75, 3.05) is 5.73 Å². The van der Waals surface area contributed by atoms with Crippen LogP contribution in [0.5, 0.6) is 0 Å². The monoisotopic (exact) mass is 261 g/mol. The molecule has 4 heteroatoms. The predicted molar refractivity (Wildman–Crippen MR) is 77.1 cm³/mol. The van der Waals surface area contributed by atoms with Gasteiger partial charge in [0, 0.05) is 10.9 Å². The van der Waals surface area contributed by atoms with Crippen LogP contribution in [-0.2, 0) is 0 Å². The van der Waals surface area contributed by atoms with Crippen molar-refractivity contribution in [3.05, 3.63) is 35.5 Å². The molecule has 2 aromatic rings. The van der Waals surface area contributed by atoms with Crippen LogP contribution in [0.25, 0.3) is 0 Å². The van der Waals surface area contributed by atoms with E-state index in [1.807, 2.05) is 17.7 Å². The number of aromatic nitrogens is 2. The van der Waals surface area contributed by atoms with E-state index in [9.17, 15) is 0 Å². The van der Waals surface area contributed by atoms with Crippen LogP contribution in [0.1, 0.15) is 31.1 Å². The molecule has 0 saturated heterocycles. The van der Waals surface area contributed by atoms with E-state index in [-0.39, 0.29) is 0 Å². The summed E-state index contributed by atoms with van der Waals surface area (Å²) in [5, 5.41) is 5.55. The van der Waals surface area contributed by atoms with Crippen LogP contribution in [0.2, 0.25) is 0 Å². The lowest BCUT2D eigenvalue weighted by molar-refractivity contribution is 0.491. The van der Waals surface area contributed by atoms with Gasteiger partial charge in [-0.15, -0.1) is 0 Å². The van der Waals surface area contributed by atoms with Crippen LogP contribution < -0.4 is 5.73 Å². The maximum atomic E-state index is 6.13. The molecule has 1 aromatic heterocycles. The van der Waals surface area contributed by atoms with Gasteiger partial charge in [-0.25, -0.2) is 0 Å². The molecular formula is C14H19N3S. The number of nitrogens with two attached hydrogens (primary N) is 1. The quantitative estimate of drug-likeness (QED) is 0.913. The molecule has 0 unspecified atom stereocenters. The van der Waals surface area contributed by atoms with E-state index in [1.165, 1.54) is 10.5 Å². The zero-order valence-electron chi connectivity index (χ0n) is 11.3. The van der Waals surface area contributed by atoms with Crippen molar-refractivity contribution in [1.82, 2.24) is 9.78 Å². The van der Waals surface area contributed by atoms with Crippen molar-refractivity contribution in [3.63, 3.8) is 0 Å². The van der Waals surface area contributed by atoms with Gasteiger partial charge in [0.05, 0.1) is 11.4 Å². The average Bonchev–Trinajstić information content (AvgIpc) is 2.60. The Morgan fingerprint density at radius 1 is 1.22 bits per heavy atom. The minimum Gasteiger partial charge on any atom is -0.395 e. The molecule has 18 heavy (non-hydrogen) atoms. The largest absolute Gasteiger partial charge is 0.395 e. The van der Waals surface area contributed by atoms with Crippen molar-refractivity contribution in [2.45, 2.75) is 43.7 Å². The molecule has 0 amide bonds. The Kier molecular flexibility index (Phi) is 3.66. The molecule has 0 atom stereocenters. The molecule has 0 aliphatic carbocycles. The summed E-state index contributed by atoms with van der Waals surface area (Å²) >= 11 is 1.69. The number of nitrogen functional groups attached to an aromatic ring is 1. The Labute approximate surface area is 112 Å². The van der Waals surface area contributed by atoms with E-state index >= 15 is 0 Å². The van der Waals surface area contributed by atoms with Gasteiger partial charge in [-0.2, -0.15) is 5.10 Å². The first kappa shape index (κ1) is 13.0. The second-order valence-corrected chi connectivity index (χ2v) is 5.74. The first-order chi connectivity index (χ1) is 8.50. The highest BCUT2D eigenvalue weighted by atomic mass is 32.2. The summed E-state index contributed by atoms with van der Waals surface area (Å²) in [4.78, 5) is 1.23. The number of anilines is 1. The molecule has 0 radical (unpaired) electrons. The lowest BCUT2D eigenvalue weighted by Crippen LogP contribution is -2.04. The van der Waals surface area contributed by atoms with E-state index in [0.29, 0.717) is 6.04 Å². The van der Waals surface area contributed by atoms with E-state index in [0.717, 1.165) is 16.4 Å². The topological polar surface area (TPSA) is 43.8 Å². The summed E-state index contributed by atoms with van der Waals surface area (Å²) in [6.07, 6.45) is 0. The van der Waals surface area contributed by atoms with Gasteiger partial charge >= 0.3 is 0 Å². The third kappa shape index (κ3) is 2.38. The van der Waals surface area contributed by atoms with Crippen LogP contribution >= 0.6 is 11.8 Å². The summed E-state index contributed by atoms with van der Waals surface area (Å²) in [7, 11) is 0. The van der Waals surface area contributed by atoms with Crippen LogP contribution in [0.15, 0.2) is 34.2 Å². The Morgan fingerprint density at radius 3 is 2.50 bits per heavy atom. The SMILES string of the molecule is Cc1ccccc1Sc1c(N)c(C)nn1C(C)C. The fraction of sp³-hybridized carbons (Fsp3) is 0.357. The van der Waals surface area contributed by atoms with Gasteiger partial charge in [-0.1, -0.05) is 30.0 Å². The van der Waals surface area contributed by atoms with Gasteiger partial charge in [-0.3, -0.25) is 4.68 Å². The first-order valence-electron chi connectivity index (χ1n) is 6.08. The Bertz CT molecular complexity index is 558. The third-order valence-corrected chi connectivity index (χ3v) is 4.15. The maximum absolute atomic E-state index is 6.13. The second kappa shape index (κ2) is 5.06. The molecule has 96 valence electrons. The number of aryl methyl sites for hydroxylation is 2. The molecule has 1 heterocycles. The highest BCUT2D eigenvalue weighted by Crippen LogP contribution is 2.36. The molecule has 1 aromatic carbocycles. The van der Waals surface area contributed by atoms with Crippen LogP contribution in [0.4, 0.5) is 5.69 Å². The molecule has 3 nitrogen and oxygen atoms in total. The zero-order chi connectivity index (χ0) is 13.3. The molecule has 0 aliphatic heterocycles. The third-order valence-electron chi connectivity index (χ3n) is 2.88. The highest BCUT2D eigenvalue weighted by molar-refractivity contribution is 7.99. The fourth-order valence-corrected chi connectivity index (χ4v) is 2.95. The van der Waals surface area contributed by atoms with E-state index in [1.54, 1.807) is 11.8 Å². The Balaban J connectivity index is 2.43. The van der Waals surface area contributed by atoms with E-state index in [2.05, 4.69) is 44.1 Å². The van der Waals surface area contributed by atoms with Gasteiger partial charge in [0.25, 0.3) is 0 Å². The molecule has 0 bridgehead atoms. The lowest BCUT2D eigenvalue weighted by atomic mass is 10.2. The maximum Gasteiger partial charge on any atom is 0.122 e. The number of benzene rings is 1. The molecule has 0 spiro atoms. The predicted octanol–water partition coefficient (Wildman–Crippen LogP) is 3.81. The lowest BCUT2D eigenvalue weighted by Gasteiger charge is -2.12. The van der Waals surface area contributed by atoms with Crippen molar-refractivity contribution >= 4 is 17.4 Å². The summed E-state index contributed by atoms with van der Waals surface area (Å²) in [6.45, 7) is 8.30. The van der Waals surface area contributed by atoms with Crippen molar-refractivity contribution in [2.24, 2.45) is 0 Å². The van der Waals surface area contributed by atoms with E-state index < -0.39 is 0 Å². The van der Waals surface area contributed by atoms with Crippen molar-refractivity contribution in [3.8, 4) is 0 Å². The minimum absolute atomic E-state index is 0.313. The summed E-state index contributed by atoms with van der Waals surface area (Å²) in [6, 6.07) is 8.64. The zero-order valence-corrected chi connectivity index (χ0v) is 12.1. The van der Waals surface area contributed by atoms with Crippen molar-refractivity contribution < 1.29 is 0 Å². The molecule has 2 rings (SSSR count). The Hall–Kier alpha value is -1.42. The summed E-state index contributed by atoms with van der Waals surface area (Å²) < 4.78 is 2.00. The molecule has 2 N–H and O–H groups in total. The molecule has 0 saturated carbocycles. The van der Waals surface area contributed by atoms with Gasteiger partial charge < -0.3 is 5.73 Å².